The zero-order valence-corrected chi connectivity index (χ0v) is 16.5. The molecule has 1 aromatic heterocycles. The maximum absolute atomic E-state index is 14.1. The highest BCUT2D eigenvalue weighted by Crippen LogP contribution is 2.34. The lowest BCUT2D eigenvalue weighted by Crippen LogP contribution is -2.26. The van der Waals surface area contributed by atoms with Gasteiger partial charge < -0.3 is 14.2 Å². The molecule has 0 N–H and O–H groups in total. The third-order valence-electron chi connectivity index (χ3n) is 5.27. The van der Waals surface area contributed by atoms with Crippen LogP contribution in [-0.2, 0) is 13.0 Å². The normalized spacial score (nSPS) is 15.2. The van der Waals surface area contributed by atoms with Crippen LogP contribution in [-0.4, -0.2) is 30.2 Å². The van der Waals surface area contributed by atoms with Gasteiger partial charge in [0.05, 0.1) is 12.6 Å². The summed E-state index contributed by atoms with van der Waals surface area (Å²) in [7, 11) is 3.61. The fourth-order valence-corrected chi connectivity index (χ4v) is 4.00. The molecule has 0 fully saturated rings. The van der Waals surface area contributed by atoms with Gasteiger partial charge in [-0.2, -0.15) is 0 Å². The Bertz CT molecular complexity index is 1050. The van der Waals surface area contributed by atoms with E-state index in [1.807, 2.05) is 25.1 Å². The van der Waals surface area contributed by atoms with Crippen LogP contribution in [0.1, 0.15) is 23.7 Å². The van der Waals surface area contributed by atoms with Crippen LogP contribution in [0.25, 0.3) is 22.7 Å². The Morgan fingerprint density at radius 2 is 2.04 bits per heavy atom. The lowest BCUT2D eigenvalue weighted by molar-refractivity contribution is 0.312. The van der Waals surface area contributed by atoms with Crippen LogP contribution in [0.15, 0.2) is 36.4 Å². The molecule has 2 heterocycles. The van der Waals surface area contributed by atoms with Gasteiger partial charge in [-0.05, 0) is 61.0 Å². The minimum atomic E-state index is -0.351. The van der Waals surface area contributed by atoms with Crippen molar-refractivity contribution in [3.05, 3.63) is 64.1 Å². The fourth-order valence-electron chi connectivity index (χ4n) is 3.83. The number of likely N-dealkylation sites (N-methyl/N-ethyl adjacent to an activating group) is 1. The van der Waals surface area contributed by atoms with Crippen molar-refractivity contribution in [2.75, 3.05) is 20.7 Å². The average Bonchev–Trinajstić information content (AvgIpc) is 2.94. The van der Waals surface area contributed by atoms with Crippen molar-refractivity contribution in [1.82, 2.24) is 9.47 Å². The predicted octanol–water partition coefficient (Wildman–Crippen LogP) is 5.45. The molecule has 0 saturated heterocycles. The summed E-state index contributed by atoms with van der Waals surface area (Å²) in [4.78, 5) is 2.32. The van der Waals surface area contributed by atoms with Gasteiger partial charge in [0.15, 0.2) is 11.6 Å². The van der Waals surface area contributed by atoms with E-state index in [1.54, 1.807) is 6.07 Å². The molecular formula is C22H22ClFN2O. The minimum absolute atomic E-state index is 0.257. The number of fused-ring (bicyclic) bond motifs is 3. The van der Waals surface area contributed by atoms with Crippen LogP contribution in [0.2, 0.25) is 5.02 Å². The molecule has 0 saturated carbocycles. The van der Waals surface area contributed by atoms with E-state index in [1.165, 1.54) is 29.8 Å². The van der Waals surface area contributed by atoms with Crippen LogP contribution in [0, 0.1) is 5.82 Å². The first kappa shape index (κ1) is 18.1. The predicted molar refractivity (Wildman–Crippen MR) is 110 cm³/mol. The van der Waals surface area contributed by atoms with Gasteiger partial charge in [0.2, 0.25) is 0 Å². The van der Waals surface area contributed by atoms with Gasteiger partial charge in [0, 0.05) is 41.8 Å². The molecule has 140 valence electrons. The first-order valence-electron chi connectivity index (χ1n) is 9.00. The molecule has 1 aliphatic rings. The SMILES string of the molecule is COc1ccc(C(C)=Cn2c3c(c4cc(Cl)ccc42)CN(C)CC3)cc1F. The number of hydrogen-bond acceptors (Lipinski definition) is 2. The molecule has 3 aromatic rings. The first-order chi connectivity index (χ1) is 13.0. The van der Waals surface area contributed by atoms with E-state index in [-0.39, 0.29) is 11.6 Å². The summed E-state index contributed by atoms with van der Waals surface area (Å²) in [6.07, 6.45) is 3.07. The van der Waals surface area contributed by atoms with Gasteiger partial charge in [-0.3, -0.25) is 0 Å². The molecule has 0 unspecified atom stereocenters. The summed E-state index contributed by atoms with van der Waals surface area (Å²) in [5.74, 6) is -0.0939. The summed E-state index contributed by atoms with van der Waals surface area (Å²) >= 11 is 6.26. The van der Waals surface area contributed by atoms with E-state index in [9.17, 15) is 4.39 Å². The monoisotopic (exact) mass is 384 g/mol. The van der Waals surface area contributed by atoms with Crippen molar-refractivity contribution in [3.63, 3.8) is 0 Å². The molecule has 2 aromatic carbocycles. The second-order valence-electron chi connectivity index (χ2n) is 7.11. The maximum Gasteiger partial charge on any atom is 0.165 e. The van der Waals surface area contributed by atoms with Gasteiger partial charge in [-0.15, -0.1) is 0 Å². The number of halogens is 2. The summed E-state index contributed by atoms with van der Waals surface area (Å²) in [5, 5.41) is 1.93. The van der Waals surface area contributed by atoms with Crippen LogP contribution in [0.3, 0.4) is 0 Å². The molecule has 27 heavy (non-hydrogen) atoms. The van der Waals surface area contributed by atoms with Crippen molar-refractivity contribution in [2.24, 2.45) is 0 Å². The molecule has 0 spiro atoms. The Labute approximate surface area is 163 Å². The van der Waals surface area contributed by atoms with Gasteiger partial charge in [0.1, 0.15) is 0 Å². The molecule has 0 amide bonds. The second-order valence-corrected chi connectivity index (χ2v) is 7.54. The Hall–Kier alpha value is -2.30. The summed E-state index contributed by atoms with van der Waals surface area (Å²) < 4.78 is 21.4. The van der Waals surface area contributed by atoms with Gasteiger partial charge in [0.25, 0.3) is 0 Å². The van der Waals surface area contributed by atoms with Gasteiger partial charge in [-0.1, -0.05) is 17.7 Å². The fraction of sp³-hybridized carbons (Fsp3) is 0.273. The van der Waals surface area contributed by atoms with Crippen molar-refractivity contribution < 1.29 is 9.13 Å². The number of benzene rings is 2. The van der Waals surface area contributed by atoms with Gasteiger partial charge >= 0.3 is 0 Å². The van der Waals surface area contributed by atoms with E-state index < -0.39 is 0 Å². The van der Waals surface area contributed by atoms with Crippen LogP contribution in [0.5, 0.6) is 5.75 Å². The Balaban J connectivity index is 1.86. The van der Waals surface area contributed by atoms with Gasteiger partial charge in [-0.25, -0.2) is 4.39 Å². The van der Waals surface area contributed by atoms with Crippen molar-refractivity contribution in [1.29, 1.82) is 0 Å². The molecule has 0 bridgehead atoms. The second kappa shape index (κ2) is 7.02. The van der Waals surface area contributed by atoms with Crippen molar-refractivity contribution in [3.8, 4) is 5.75 Å². The molecule has 3 nitrogen and oxygen atoms in total. The highest BCUT2D eigenvalue weighted by molar-refractivity contribution is 6.31. The minimum Gasteiger partial charge on any atom is -0.494 e. The topological polar surface area (TPSA) is 17.4 Å². The Morgan fingerprint density at radius 3 is 2.78 bits per heavy atom. The third-order valence-corrected chi connectivity index (χ3v) is 5.51. The van der Waals surface area contributed by atoms with E-state index in [0.717, 1.165) is 41.2 Å². The highest BCUT2D eigenvalue weighted by atomic mass is 35.5. The third kappa shape index (κ3) is 3.24. The zero-order valence-electron chi connectivity index (χ0n) is 15.7. The first-order valence-corrected chi connectivity index (χ1v) is 9.38. The van der Waals surface area contributed by atoms with E-state index in [2.05, 4.69) is 28.8 Å². The molecule has 5 heteroatoms. The number of allylic oxidation sites excluding steroid dienone is 1. The zero-order chi connectivity index (χ0) is 19.1. The number of aromatic nitrogens is 1. The molecule has 0 atom stereocenters. The molecule has 1 aliphatic heterocycles. The smallest absolute Gasteiger partial charge is 0.165 e. The number of rotatable bonds is 3. The Morgan fingerprint density at radius 1 is 1.22 bits per heavy atom. The van der Waals surface area contributed by atoms with Crippen molar-refractivity contribution in [2.45, 2.75) is 19.9 Å². The summed E-state index contributed by atoms with van der Waals surface area (Å²) in [6.45, 7) is 3.93. The van der Waals surface area contributed by atoms with E-state index >= 15 is 0 Å². The lowest BCUT2D eigenvalue weighted by Gasteiger charge is -2.23. The summed E-state index contributed by atoms with van der Waals surface area (Å²) in [6, 6.07) is 11.1. The van der Waals surface area contributed by atoms with E-state index in [0.29, 0.717) is 0 Å². The molecular weight excluding hydrogens is 363 g/mol. The lowest BCUT2D eigenvalue weighted by atomic mass is 10.0. The number of hydrogen-bond donors (Lipinski definition) is 0. The number of ether oxygens (including phenoxy) is 1. The maximum atomic E-state index is 14.1. The molecule has 0 aliphatic carbocycles. The standard InChI is InChI=1S/C22H22ClFN2O/c1-14(15-4-7-22(27-3)19(24)10-15)12-26-20-6-5-16(23)11-17(20)18-13-25(2)9-8-21(18)26/h4-7,10-12H,8-9,13H2,1-3H3. The molecule has 4 rings (SSSR count). The van der Waals surface area contributed by atoms with E-state index in [4.69, 9.17) is 16.3 Å². The quantitative estimate of drug-likeness (QED) is 0.597. The van der Waals surface area contributed by atoms with Crippen LogP contribution < -0.4 is 4.74 Å². The van der Waals surface area contributed by atoms with Crippen LogP contribution >= 0.6 is 11.6 Å². The van der Waals surface area contributed by atoms with Crippen molar-refractivity contribution >= 4 is 34.3 Å². The summed E-state index contributed by atoms with van der Waals surface area (Å²) in [5.41, 5.74) is 5.59. The highest BCUT2D eigenvalue weighted by Gasteiger charge is 2.22. The largest absolute Gasteiger partial charge is 0.494 e. The number of methoxy groups -OCH3 is 1. The number of nitrogens with zero attached hydrogens (tertiary/aromatic N) is 2. The molecule has 0 radical (unpaired) electrons. The average molecular weight is 385 g/mol. The van der Waals surface area contributed by atoms with Crippen LogP contribution in [0.4, 0.5) is 4.39 Å². The Kier molecular flexibility index (Phi) is 4.70.